The maximum Gasteiger partial charge on any atom is 0.513 e. The second-order valence-electron chi connectivity index (χ2n) is 6.93. The highest BCUT2D eigenvalue weighted by molar-refractivity contribution is 5.79. The molecule has 0 fully saturated rings. The molecule has 140 valence electrons. The molecule has 3 aromatic rings. The smallest absolute Gasteiger partial charge is 0.437 e. The number of carbonyl (C=O) groups excluding carboxylic acids is 1. The molecule has 0 atom stereocenters. The van der Waals surface area contributed by atoms with Gasteiger partial charge in [-0.2, -0.15) is 0 Å². The third-order valence-electron chi connectivity index (χ3n) is 4.70. The molecule has 0 aliphatic heterocycles. The minimum absolute atomic E-state index is 0.196. The standard InChI is InChI=1S/C22H24N2O3/c1-13(2)20-18(21(27-22(25)26-5)14(3)15(4)24-20)12-16-8-9-19-17(11-16)7-6-10-23-19/h6-11,13H,12H2,1-5H3. The zero-order valence-corrected chi connectivity index (χ0v) is 16.4. The van der Waals surface area contributed by atoms with Crippen LogP contribution in [0.2, 0.25) is 0 Å². The second kappa shape index (κ2) is 7.74. The topological polar surface area (TPSA) is 61.3 Å². The highest BCUT2D eigenvalue weighted by Gasteiger charge is 2.21. The summed E-state index contributed by atoms with van der Waals surface area (Å²) < 4.78 is 10.3. The summed E-state index contributed by atoms with van der Waals surface area (Å²) >= 11 is 0. The molecule has 1 aromatic carbocycles. The number of methoxy groups -OCH3 is 1. The Morgan fingerprint density at radius 2 is 1.96 bits per heavy atom. The highest BCUT2D eigenvalue weighted by atomic mass is 16.7. The van der Waals surface area contributed by atoms with Crippen molar-refractivity contribution in [1.82, 2.24) is 9.97 Å². The van der Waals surface area contributed by atoms with E-state index in [-0.39, 0.29) is 5.92 Å². The SMILES string of the molecule is COC(=O)Oc1c(C)c(C)nc(C(C)C)c1Cc1ccc2ncccc2c1. The number of rotatable bonds is 4. The van der Waals surface area contributed by atoms with Gasteiger partial charge in [0.25, 0.3) is 0 Å². The first kappa shape index (κ1) is 18.8. The van der Waals surface area contributed by atoms with Crippen molar-refractivity contribution in [1.29, 1.82) is 0 Å². The van der Waals surface area contributed by atoms with Gasteiger partial charge in [0, 0.05) is 34.8 Å². The lowest BCUT2D eigenvalue weighted by atomic mass is 9.94. The van der Waals surface area contributed by atoms with Gasteiger partial charge < -0.3 is 9.47 Å². The fourth-order valence-corrected chi connectivity index (χ4v) is 3.19. The maximum absolute atomic E-state index is 11.8. The molecular weight excluding hydrogens is 340 g/mol. The average Bonchev–Trinajstić information content (AvgIpc) is 2.66. The van der Waals surface area contributed by atoms with Crippen LogP contribution in [0.5, 0.6) is 5.75 Å². The van der Waals surface area contributed by atoms with Crippen LogP contribution < -0.4 is 4.74 Å². The molecule has 0 N–H and O–H groups in total. The zero-order valence-electron chi connectivity index (χ0n) is 16.4. The summed E-state index contributed by atoms with van der Waals surface area (Å²) in [7, 11) is 1.31. The number of ether oxygens (including phenoxy) is 2. The second-order valence-corrected chi connectivity index (χ2v) is 6.93. The molecule has 2 aromatic heterocycles. The van der Waals surface area contributed by atoms with Crippen molar-refractivity contribution in [3.63, 3.8) is 0 Å². The van der Waals surface area contributed by atoms with Crippen LogP contribution in [0, 0.1) is 13.8 Å². The van der Waals surface area contributed by atoms with Gasteiger partial charge in [-0.1, -0.05) is 26.0 Å². The Kier molecular flexibility index (Phi) is 5.40. The number of aromatic nitrogens is 2. The highest BCUT2D eigenvalue weighted by Crippen LogP contribution is 2.34. The van der Waals surface area contributed by atoms with Crippen molar-refractivity contribution in [3.8, 4) is 5.75 Å². The van der Waals surface area contributed by atoms with Crippen molar-refractivity contribution in [2.24, 2.45) is 0 Å². The van der Waals surface area contributed by atoms with Gasteiger partial charge in [0.2, 0.25) is 0 Å². The summed E-state index contributed by atoms with van der Waals surface area (Å²) in [5.41, 5.74) is 5.61. The van der Waals surface area contributed by atoms with Crippen molar-refractivity contribution in [2.75, 3.05) is 7.11 Å². The average molecular weight is 364 g/mol. The predicted octanol–water partition coefficient (Wildman–Crippen LogP) is 5.11. The Balaban J connectivity index is 2.12. The molecule has 2 heterocycles. The van der Waals surface area contributed by atoms with Crippen molar-refractivity contribution >= 4 is 17.1 Å². The molecule has 0 amide bonds. The number of aryl methyl sites for hydroxylation is 1. The Morgan fingerprint density at radius 1 is 1.19 bits per heavy atom. The zero-order chi connectivity index (χ0) is 19.6. The molecule has 0 bridgehead atoms. The van der Waals surface area contributed by atoms with Crippen molar-refractivity contribution < 1.29 is 14.3 Å². The molecule has 27 heavy (non-hydrogen) atoms. The van der Waals surface area contributed by atoms with Gasteiger partial charge in [-0.3, -0.25) is 9.97 Å². The van der Waals surface area contributed by atoms with Crippen molar-refractivity contribution in [3.05, 3.63) is 64.6 Å². The van der Waals surface area contributed by atoms with Gasteiger partial charge in [0.05, 0.1) is 18.3 Å². The lowest BCUT2D eigenvalue weighted by molar-refractivity contribution is 0.120. The maximum atomic E-state index is 11.8. The lowest BCUT2D eigenvalue weighted by Gasteiger charge is -2.20. The largest absolute Gasteiger partial charge is 0.513 e. The minimum Gasteiger partial charge on any atom is -0.437 e. The molecule has 5 heteroatoms. The Labute approximate surface area is 159 Å². The van der Waals surface area contributed by atoms with E-state index in [1.165, 1.54) is 7.11 Å². The summed E-state index contributed by atoms with van der Waals surface area (Å²) in [6.45, 7) is 8.02. The molecule has 0 aliphatic rings. The number of benzene rings is 1. The number of pyridine rings is 2. The predicted molar refractivity (Wildman–Crippen MR) is 105 cm³/mol. The summed E-state index contributed by atoms with van der Waals surface area (Å²) in [6.07, 6.45) is 1.68. The third kappa shape index (κ3) is 3.92. The van der Waals surface area contributed by atoms with E-state index in [9.17, 15) is 4.79 Å². The van der Waals surface area contributed by atoms with Crippen LogP contribution in [0.15, 0.2) is 36.5 Å². The molecule has 3 rings (SSSR count). The third-order valence-corrected chi connectivity index (χ3v) is 4.70. The first-order chi connectivity index (χ1) is 12.9. The van der Waals surface area contributed by atoms with Crippen molar-refractivity contribution in [2.45, 2.75) is 40.0 Å². The first-order valence-corrected chi connectivity index (χ1v) is 9.00. The van der Waals surface area contributed by atoms with E-state index in [4.69, 9.17) is 14.5 Å². The number of fused-ring (bicyclic) bond motifs is 1. The summed E-state index contributed by atoms with van der Waals surface area (Å²) in [6, 6.07) is 10.1. The van der Waals surface area contributed by atoms with Gasteiger partial charge in [0.1, 0.15) is 5.75 Å². The van der Waals surface area contributed by atoms with Crippen LogP contribution in [0.4, 0.5) is 4.79 Å². The van der Waals surface area contributed by atoms with E-state index in [1.807, 2.05) is 32.0 Å². The van der Waals surface area contributed by atoms with E-state index in [0.29, 0.717) is 12.2 Å². The van der Waals surface area contributed by atoms with Crippen LogP contribution in [0.3, 0.4) is 0 Å². The van der Waals surface area contributed by atoms with Gasteiger partial charge in [-0.05, 0) is 43.5 Å². The van der Waals surface area contributed by atoms with Crippen LogP contribution in [0.1, 0.15) is 47.8 Å². The number of hydrogen-bond acceptors (Lipinski definition) is 5. The van der Waals surface area contributed by atoms with Crippen LogP contribution in [-0.2, 0) is 11.2 Å². The number of hydrogen-bond donors (Lipinski definition) is 0. The Hall–Kier alpha value is -2.95. The summed E-state index contributed by atoms with van der Waals surface area (Å²) in [5, 5.41) is 1.08. The van der Waals surface area contributed by atoms with Gasteiger partial charge in [0.15, 0.2) is 0 Å². The molecule has 0 spiro atoms. The fraction of sp³-hybridized carbons (Fsp3) is 0.318. The van der Waals surface area contributed by atoms with E-state index < -0.39 is 6.16 Å². The Morgan fingerprint density at radius 3 is 2.67 bits per heavy atom. The minimum atomic E-state index is -0.720. The fourth-order valence-electron chi connectivity index (χ4n) is 3.19. The summed E-state index contributed by atoms with van der Waals surface area (Å²) in [5.74, 6) is 0.741. The van der Waals surface area contributed by atoms with Crippen LogP contribution in [-0.4, -0.2) is 23.2 Å². The molecular formula is C22H24N2O3. The van der Waals surface area contributed by atoms with Gasteiger partial charge >= 0.3 is 6.16 Å². The molecule has 5 nitrogen and oxygen atoms in total. The van der Waals surface area contributed by atoms with E-state index in [1.54, 1.807) is 6.20 Å². The monoisotopic (exact) mass is 364 g/mol. The summed E-state index contributed by atoms with van der Waals surface area (Å²) in [4.78, 5) is 21.0. The normalized spacial score (nSPS) is 11.0. The number of carbonyl (C=O) groups is 1. The quantitative estimate of drug-likeness (QED) is 0.602. The first-order valence-electron chi connectivity index (χ1n) is 9.00. The molecule has 0 radical (unpaired) electrons. The molecule has 0 unspecified atom stereocenters. The van der Waals surface area contributed by atoms with Crippen LogP contribution >= 0.6 is 0 Å². The van der Waals surface area contributed by atoms with E-state index >= 15 is 0 Å². The van der Waals surface area contributed by atoms with Gasteiger partial charge in [-0.25, -0.2) is 4.79 Å². The van der Waals surface area contributed by atoms with E-state index in [0.717, 1.165) is 39.0 Å². The number of nitrogens with zero attached hydrogens (tertiary/aromatic N) is 2. The molecule has 0 saturated heterocycles. The Bertz CT molecular complexity index is 996. The van der Waals surface area contributed by atoms with Crippen LogP contribution in [0.25, 0.3) is 10.9 Å². The van der Waals surface area contributed by atoms with Gasteiger partial charge in [-0.15, -0.1) is 0 Å². The lowest BCUT2D eigenvalue weighted by Crippen LogP contribution is -2.14. The van der Waals surface area contributed by atoms with E-state index in [2.05, 4.69) is 31.0 Å². The molecule has 0 aliphatic carbocycles. The molecule has 0 saturated carbocycles.